The van der Waals surface area contributed by atoms with Crippen molar-refractivity contribution < 1.29 is 55.5 Å². The van der Waals surface area contributed by atoms with Crippen molar-refractivity contribution in [3.05, 3.63) is 53.4 Å². The van der Waals surface area contributed by atoms with Gasteiger partial charge in [0.1, 0.15) is 11.5 Å². The Hall–Kier alpha value is -3.97. The average molecular weight is 756 g/mol. The van der Waals surface area contributed by atoms with Crippen LogP contribution in [-0.2, 0) is 23.7 Å². The number of anilines is 1. The number of nitrogens with one attached hydrogen (secondary N) is 2. The van der Waals surface area contributed by atoms with Crippen molar-refractivity contribution in [2.75, 3.05) is 71.3 Å². The highest BCUT2D eigenvalue weighted by molar-refractivity contribution is 7.80. The molecule has 0 unspecified atom stereocenters. The van der Waals surface area contributed by atoms with Crippen LogP contribution in [0.4, 0.5) is 27.6 Å². The van der Waals surface area contributed by atoms with Gasteiger partial charge in [-0.2, -0.15) is 13.9 Å². The van der Waals surface area contributed by atoms with Crippen molar-refractivity contribution in [2.24, 2.45) is 15.9 Å². The molecule has 0 aliphatic carbocycles. The molecule has 0 aliphatic rings. The fourth-order valence-corrected chi connectivity index (χ4v) is 3.29. The van der Waals surface area contributed by atoms with Crippen LogP contribution < -0.4 is 21.2 Å². The van der Waals surface area contributed by atoms with Gasteiger partial charge in [0.25, 0.3) is 0 Å². The number of ether oxygens (including phenoxy) is 5. The molecule has 0 bridgehead atoms. The van der Waals surface area contributed by atoms with Crippen molar-refractivity contribution in [2.45, 2.75) is 48.0 Å². The first-order valence-electron chi connectivity index (χ1n) is 16.3. The first-order chi connectivity index (χ1) is 24.6. The van der Waals surface area contributed by atoms with E-state index in [9.17, 15) is 31.9 Å². The van der Waals surface area contributed by atoms with Crippen LogP contribution in [0.2, 0.25) is 0 Å². The number of carbonyl (C=O) groups excluding carboxylic acids is 1. The number of aliphatic imine (C=N–C) groups is 1. The molecule has 2 aromatic rings. The fourth-order valence-electron chi connectivity index (χ4n) is 3.07. The highest BCUT2D eigenvalue weighted by atomic mass is 32.1. The third-order valence-corrected chi connectivity index (χ3v) is 5.50. The zero-order valence-electron chi connectivity index (χ0n) is 29.8. The summed E-state index contributed by atoms with van der Waals surface area (Å²) in [5.74, 6) is -8.79. The molecule has 12 nitrogen and oxygen atoms in total. The van der Waals surface area contributed by atoms with Crippen molar-refractivity contribution in [1.29, 1.82) is 0 Å². The molecule has 2 aromatic carbocycles. The number of hydrogen-bond acceptors (Lipinski definition) is 11. The van der Waals surface area contributed by atoms with Gasteiger partial charge in [-0.15, -0.1) is 0 Å². The number of phenolic OH excluding ortho intramolecular Hbond substituents is 1. The predicted molar refractivity (Wildman–Crippen MR) is 191 cm³/mol. The maximum Gasteiger partial charge on any atom is 0.313 e. The topological polar surface area (TPSA) is 158 Å². The molecular formula is C33H50F5N5O7S. The first kappa shape index (κ1) is 49.1. The molecule has 0 aliphatic heterocycles. The molecule has 0 amide bonds. The Morgan fingerprint density at radius 1 is 0.784 bits per heavy atom. The summed E-state index contributed by atoms with van der Waals surface area (Å²) in [7, 11) is 0. The molecule has 18 heteroatoms. The Bertz CT molecular complexity index is 1280. The highest BCUT2D eigenvalue weighted by Gasteiger charge is 2.28. The Labute approximate surface area is 301 Å². The van der Waals surface area contributed by atoms with E-state index in [-0.39, 0.29) is 38.7 Å². The van der Waals surface area contributed by atoms with Gasteiger partial charge in [-0.05, 0) is 36.5 Å². The lowest BCUT2D eigenvalue weighted by atomic mass is 10.2. The highest BCUT2D eigenvalue weighted by Crippen LogP contribution is 2.29. The van der Waals surface area contributed by atoms with Crippen LogP contribution in [0.15, 0.2) is 34.4 Å². The molecule has 0 atom stereocenters. The molecule has 0 spiro atoms. The smallest absolute Gasteiger partial charge is 0.313 e. The normalized spacial score (nSPS) is 10.6. The van der Waals surface area contributed by atoms with E-state index in [1.807, 2.05) is 41.5 Å². The minimum atomic E-state index is -2.36. The van der Waals surface area contributed by atoms with Gasteiger partial charge in [0.05, 0.1) is 65.8 Å². The van der Waals surface area contributed by atoms with E-state index in [4.69, 9.17) is 37.0 Å². The maximum absolute atomic E-state index is 13.6. The van der Waals surface area contributed by atoms with Gasteiger partial charge in [0.2, 0.25) is 34.8 Å². The van der Waals surface area contributed by atoms with Crippen LogP contribution >= 0.6 is 12.2 Å². The summed E-state index contributed by atoms with van der Waals surface area (Å²) in [6.45, 7) is 14.2. The second kappa shape index (κ2) is 32.0. The number of halogens is 5. The Balaban J connectivity index is 0. The van der Waals surface area contributed by atoms with E-state index in [1.54, 1.807) is 24.3 Å². The summed E-state index contributed by atoms with van der Waals surface area (Å²) < 4.78 is 92.1. The lowest BCUT2D eigenvalue weighted by Gasteiger charge is -2.11. The van der Waals surface area contributed by atoms with Gasteiger partial charge in [-0.25, -0.2) is 13.2 Å². The van der Waals surface area contributed by atoms with Gasteiger partial charge in [-0.3, -0.25) is 9.79 Å². The van der Waals surface area contributed by atoms with Crippen molar-refractivity contribution in [3.63, 3.8) is 0 Å². The largest absolute Gasteiger partial charge is 0.508 e. The lowest BCUT2D eigenvalue weighted by molar-refractivity contribution is -0.136. The van der Waals surface area contributed by atoms with E-state index in [0.29, 0.717) is 43.8 Å². The van der Waals surface area contributed by atoms with E-state index in [1.165, 1.54) is 6.21 Å². The van der Waals surface area contributed by atoms with E-state index in [2.05, 4.69) is 25.5 Å². The third kappa shape index (κ3) is 21.8. The second-order valence-electron chi connectivity index (χ2n) is 8.60. The summed E-state index contributed by atoms with van der Waals surface area (Å²) in [4.78, 5) is 15.7. The quantitative estimate of drug-likeness (QED) is 0.0109. The number of carbonyl (C=O) groups is 1. The number of aromatic hydroxyl groups is 1. The van der Waals surface area contributed by atoms with Gasteiger partial charge >= 0.3 is 5.97 Å². The number of phenols is 1. The van der Waals surface area contributed by atoms with Crippen LogP contribution in [0.1, 0.15) is 48.0 Å². The SMILES string of the molecule is CC.CC.CC.N/N=C(\C=NCCOCCC(=O)Oc1c(F)c(F)c(F)c(F)c1F)COCCOCCOCCNC(=S)Nc1ccc(O)cc1. The van der Waals surface area contributed by atoms with Crippen LogP contribution in [0.25, 0.3) is 0 Å². The zero-order valence-corrected chi connectivity index (χ0v) is 30.6. The summed E-state index contributed by atoms with van der Waals surface area (Å²) in [6, 6.07) is 6.49. The van der Waals surface area contributed by atoms with Gasteiger partial charge in [0.15, 0.2) is 5.11 Å². The van der Waals surface area contributed by atoms with Gasteiger partial charge in [0, 0.05) is 18.4 Å². The van der Waals surface area contributed by atoms with Crippen molar-refractivity contribution in [3.8, 4) is 11.5 Å². The number of benzene rings is 2. The zero-order chi connectivity index (χ0) is 39.0. The molecule has 0 saturated heterocycles. The third-order valence-electron chi connectivity index (χ3n) is 5.26. The van der Waals surface area contributed by atoms with Crippen LogP contribution in [0.3, 0.4) is 0 Å². The molecular weight excluding hydrogens is 705 g/mol. The minimum absolute atomic E-state index is 0.0281. The molecule has 0 aromatic heterocycles. The molecule has 2 rings (SSSR count). The first-order valence-corrected chi connectivity index (χ1v) is 16.7. The molecule has 0 radical (unpaired) electrons. The van der Waals surface area contributed by atoms with E-state index >= 15 is 0 Å². The average Bonchev–Trinajstić information content (AvgIpc) is 3.16. The molecule has 0 heterocycles. The minimum Gasteiger partial charge on any atom is -0.508 e. The van der Waals surface area contributed by atoms with E-state index < -0.39 is 47.2 Å². The number of esters is 1. The molecule has 290 valence electrons. The summed E-state index contributed by atoms with van der Waals surface area (Å²) in [6.07, 6.45) is 0.836. The Morgan fingerprint density at radius 3 is 1.86 bits per heavy atom. The summed E-state index contributed by atoms with van der Waals surface area (Å²) >= 11 is 5.17. The van der Waals surface area contributed by atoms with Gasteiger partial charge in [-0.1, -0.05) is 41.5 Å². The van der Waals surface area contributed by atoms with Crippen LogP contribution in [0, 0.1) is 29.1 Å². The number of nitrogens with two attached hydrogens (primary N) is 1. The predicted octanol–water partition coefficient (Wildman–Crippen LogP) is 5.90. The van der Waals surface area contributed by atoms with E-state index in [0.717, 1.165) is 5.69 Å². The fraction of sp³-hybridized carbons (Fsp3) is 0.515. The van der Waals surface area contributed by atoms with Gasteiger partial charge < -0.3 is 45.3 Å². The van der Waals surface area contributed by atoms with Crippen LogP contribution in [-0.4, -0.2) is 94.1 Å². The molecule has 0 saturated carbocycles. The molecule has 51 heavy (non-hydrogen) atoms. The summed E-state index contributed by atoms with van der Waals surface area (Å²) in [5.41, 5.74) is 1.07. The monoisotopic (exact) mass is 755 g/mol. The molecule has 0 fully saturated rings. The number of hydrogen-bond donors (Lipinski definition) is 4. The maximum atomic E-state index is 13.6. The van der Waals surface area contributed by atoms with Crippen molar-refractivity contribution in [1.82, 2.24) is 5.32 Å². The summed E-state index contributed by atoms with van der Waals surface area (Å²) in [5, 5.41) is 19.2. The number of rotatable bonds is 20. The van der Waals surface area contributed by atoms with Crippen molar-refractivity contribution >= 4 is 40.9 Å². The Morgan fingerprint density at radius 2 is 1.29 bits per heavy atom. The number of nitrogens with zero attached hydrogens (tertiary/aromatic N) is 2. The second-order valence-corrected chi connectivity index (χ2v) is 9.00. The number of hydrazone groups is 1. The lowest BCUT2D eigenvalue weighted by Crippen LogP contribution is -2.31. The van der Waals surface area contributed by atoms with Crippen LogP contribution in [0.5, 0.6) is 11.5 Å². The number of thiocarbonyl (C=S) groups is 1. The molecule has 5 N–H and O–H groups in total. The standard InChI is InChI=1S/C27H32F5N5O7S.3C2H6/c28-21-22(29)24(31)26(25(32)23(21)30)44-20(39)5-8-40-9-6-34-15-18(37-33)16-43-14-13-42-12-11-41-10-7-35-27(45)36-17-1-3-19(38)4-2-17;3*1-2/h1-4,15,38H,5-14,16,33H2,(H2,35,36,45);3*1-2H3/b34-15?,37-18+;;;. The Kier molecular flexibility index (Phi) is 30.8.